The minimum atomic E-state index is -4.71. The molecule has 0 bridgehead atoms. The van der Waals surface area contributed by atoms with Crippen molar-refractivity contribution in [1.82, 2.24) is 49.5 Å². The van der Waals surface area contributed by atoms with E-state index in [4.69, 9.17) is 26.1 Å². The lowest BCUT2D eigenvalue weighted by Gasteiger charge is -2.39. The molecule has 25 nitrogen and oxygen atoms in total. The number of likely N-dealkylation sites (tertiary alicyclic amines) is 1. The predicted octanol–water partition coefficient (Wildman–Crippen LogP) is 14.7. The van der Waals surface area contributed by atoms with E-state index in [2.05, 4.69) is 86.0 Å². The smallest absolute Gasteiger partial charge is 0.293 e. The summed E-state index contributed by atoms with van der Waals surface area (Å²) in [7, 11) is -6.03. The number of anilines is 4. The Morgan fingerprint density at radius 3 is 2.27 bits per heavy atom. The Bertz CT molecular complexity index is 4790. The molecular formula is C86H115ClN14O11S2Si. The minimum Gasteiger partial charge on any atom is -0.476 e. The van der Waals surface area contributed by atoms with Gasteiger partial charge in [0, 0.05) is 134 Å². The van der Waals surface area contributed by atoms with Crippen LogP contribution in [-0.2, 0) is 40.7 Å². The molecular weight excluding hydrogens is 1530 g/mol. The van der Waals surface area contributed by atoms with Crippen LogP contribution in [0.2, 0.25) is 30.7 Å². The quantitative estimate of drug-likeness (QED) is 0.0136. The number of allylic oxidation sites excluding steroid dienone is 1. The van der Waals surface area contributed by atoms with Crippen LogP contribution in [0.15, 0.2) is 119 Å². The SMILES string of the molecule is Cc1ncsc1-c1ccc([C@H](C)NC(=O)[C@@H]2C[C@@H](C)CN2C(=O)[C@@H](NC(=O)CCCCCC(=O)N2CCN(CCCNc3ccc(S(=O)(=O)NC(=O)c4ccc(N5CCN(CC6=C(c7ccc(Cl)cc7)CC(C)(C)CC6)CC5)cc4N4CCCOc5nc6c(ccn6COCC[Si](C)(C)C)cc54)cc3[N+](=O)[O-])CC2)C(C)(C)C)cc1. The number of nitro groups is 1. The first-order valence-electron chi connectivity index (χ1n) is 40.8. The van der Waals surface area contributed by atoms with Crippen molar-refractivity contribution in [2.24, 2.45) is 16.7 Å². The normalized spacial score (nSPS) is 18.4. The molecule has 5 aliphatic rings. The standard InChI is InChI=1S/C86H115ClN14O11S2Si/c1-58-49-74(82(105)90-59(2)61-19-21-63(22-20-61)78-60(3)89-56-113-78)100(54-58)84(106)79(85(4,5)6)91-76(102)17-13-12-14-18-77(103)97-44-38-94(39-45-97)35-15-34-88-71-30-28-68(52-73(71)101(107)108)114(109,110)93-81(104)69-29-27-67(96-42-40-95(41-43-96)55-65-31-33-86(7,8)53-70(65)62-23-25-66(87)26-24-62)51-72(69)99-36-16-46-112-83-75(99)50-64-32-37-98(80(64)92-83)57-111-47-48-115(9,10)11/h19-30,32,37,50-52,56,58-59,74,79,88H,12-18,31,33-36,38-49,53-55,57H2,1-11H3,(H,90,105)(H,91,102)(H,93,104)/t58-,59+,74+,79-/m1/s1. The monoisotopic (exact) mass is 1650 g/mol. The van der Waals surface area contributed by atoms with Gasteiger partial charge in [-0.05, 0) is 171 Å². The zero-order chi connectivity index (χ0) is 82.1. The van der Waals surface area contributed by atoms with Gasteiger partial charge in [0.1, 0.15) is 35.8 Å². The maximum Gasteiger partial charge on any atom is 0.293 e. The molecule has 7 heterocycles. The number of benzene rings is 4. The summed E-state index contributed by atoms with van der Waals surface area (Å²) in [5.74, 6) is -1.18. The predicted molar refractivity (Wildman–Crippen MR) is 459 cm³/mol. The lowest BCUT2D eigenvalue weighted by molar-refractivity contribution is -0.384. The number of pyridine rings is 1. The first kappa shape index (κ1) is 85.6. The number of amides is 5. The Labute approximate surface area is 687 Å². The van der Waals surface area contributed by atoms with Crippen LogP contribution in [0, 0.1) is 33.8 Å². The van der Waals surface area contributed by atoms with Crippen molar-refractivity contribution in [3.05, 3.63) is 152 Å². The molecule has 4 aliphatic heterocycles. The number of aryl methyl sites for hydroxylation is 1. The first-order chi connectivity index (χ1) is 54.7. The number of halogens is 1. The number of hydrogen-bond donors (Lipinski definition) is 4. The maximum atomic E-state index is 14.9. The number of nitro benzene ring substituents is 1. The van der Waals surface area contributed by atoms with Crippen LogP contribution in [0.1, 0.15) is 152 Å². The summed E-state index contributed by atoms with van der Waals surface area (Å²) in [5, 5.41) is 23.6. The van der Waals surface area contributed by atoms with Crippen LogP contribution in [0.3, 0.4) is 0 Å². The second kappa shape index (κ2) is 37.2. The van der Waals surface area contributed by atoms with Gasteiger partial charge in [-0.1, -0.05) is 121 Å². The summed E-state index contributed by atoms with van der Waals surface area (Å²) >= 11 is 7.93. The van der Waals surface area contributed by atoms with E-state index in [0.717, 1.165) is 83.8 Å². The molecule has 29 heteroatoms. The Balaban J connectivity index is 0.621. The number of hydrogen-bond acceptors (Lipinski definition) is 19. The molecule has 0 spiro atoms. The number of sulfonamides is 1. The fourth-order valence-electron chi connectivity index (χ4n) is 16.2. The average Bonchev–Trinajstić information content (AvgIpc) is 1.75. The average molecular weight is 1650 g/mol. The highest BCUT2D eigenvalue weighted by atomic mass is 35.5. The zero-order valence-corrected chi connectivity index (χ0v) is 72.0. The molecule has 3 saturated heterocycles. The van der Waals surface area contributed by atoms with Crippen molar-refractivity contribution >= 4 is 116 Å². The van der Waals surface area contributed by atoms with Crippen molar-refractivity contribution < 1.29 is 46.8 Å². The topological polar surface area (TPSA) is 279 Å². The Hall–Kier alpha value is -8.77. The van der Waals surface area contributed by atoms with Gasteiger partial charge >= 0.3 is 0 Å². The van der Waals surface area contributed by atoms with Gasteiger partial charge in [-0.15, -0.1) is 11.3 Å². The number of carbonyl (C=O) groups is 5. The highest BCUT2D eigenvalue weighted by Gasteiger charge is 2.45. The van der Waals surface area contributed by atoms with Crippen LogP contribution < -0.4 is 35.2 Å². The molecule has 5 amide bonds. The second-order valence-corrected chi connectivity index (χ2v) is 43.5. The number of unbranched alkanes of at least 4 members (excludes halogenated alkanes) is 2. The number of piperazine rings is 2. The van der Waals surface area contributed by atoms with Crippen molar-refractivity contribution in [3.8, 4) is 16.3 Å². The maximum absolute atomic E-state index is 14.9. The van der Waals surface area contributed by atoms with Gasteiger partial charge in [0.25, 0.3) is 21.6 Å². The van der Waals surface area contributed by atoms with Gasteiger partial charge in [0.2, 0.25) is 29.5 Å². The van der Waals surface area contributed by atoms with E-state index in [0.29, 0.717) is 158 Å². The number of thiazole rings is 1. The Morgan fingerprint density at radius 1 is 0.843 bits per heavy atom. The molecule has 3 fully saturated rings. The Morgan fingerprint density at radius 2 is 1.57 bits per heavy atom. The molecule has 0 saturated carbocycles. The highest BCUT2D eigenvalue weighted by molar-refractivity contribution is 7.90. The molecule has 1 aliphatic carbocycles. The van der Waals surface area contributed by atoms with E-state index in [1.807, 2.05) is 128 Å². The third-order valence-corrected chi connectivity index (χ3v) is 27.3. The third-order valence-electron chi connectivity index (χ3n) is 23.0. The van der Waals surface area contributed by atoms with Crippen LogP contribution in [0.25, 0.3) is 27.0 Å². The highest BCUT2D eigenvalue weighted by Crippen LogP contribution is 2.45. The molecule has 12 rings (SSSR count). The molecule has 3 aromatic heterocycles. The van der Waals surface area contributed by atoms with Gasteiger partial charge in [-0.3, -0.25) is 43.9 Å². The molecule has 4 N–H and O–H groups in total. The van der Waals surface area contributed by atoms with E-state index in [-0.39, 0.29) is 58.7 Å². The summed E-state index contributed by atoms with van der Waals surface area (Å²) in [4.78, 5) is 105. The molecule has 618 valence electrons. The fraction of sp³-hybridized carbons (Fsp3) is 0.523. The van der Waals surface area contributed by atoms with E-state index in [1.54, 1.807) is 22.3 Å². The van der Waals surface area contributed by atoms with E-state index < -0.39 is 57.0 Å². The summed E-state index contributed by atoms with van der Waals surface area (Å²) in [6.45, 7) is 32.6. The zero-order valence-electron chi connectivity index (χ0n) is 68.7. The second-order valence-electron chi connectivity index (χ2n) is 34.9. The van der Waals surface area contributed by atoms with Crippen molar-refractivity contribution in [1.29, 1.82) is 0 Å². The number of rotatable bonds is 31. The summed E-state index contributed by atoms with van der Waals surface area (Å²) in [6.07, 6.45) is 9.04. The lowest BCUT2D eigenvalue weighted by atomic mass is 9.72. The van der Waals surface area contributed by atoms with Crippen molar-refractivity contribution in [3.63, 3.8) is 0 Å². The number of nitrogens with one attached hydrogen (secondary N) is 4. The Kier molecular flexibility index (Phi) is 27.7. The lowest BCUT2D eigenvalue weighted by Crippen LogP contribution is -2.57. The molecule has 115 heavy (non-hydrogen) atoms. The third kappa shape index (κ3) is 21.9. The van der Waals surface area contributed by atoms with Gasteiger partial charge in [0.15, 0.2) is 0 Å². The van der Waals surface area contributed by atoms with Gasteiger partial charge in [-0.2, -0.15) is 4.98 Å². The fourth-order valence-corrected chi connectivity index (χ4v) is 18.8. The van der Waals surface area contributed by atoms with Crippen LogP contribution >= 0.6 is 22.9 Å². The largest absolute Gasteiger partial charge is 0.476 e. The number of nitrogens with zero attached hydrogens (tertiary/aromatic N) is 10. The number of aromatic nitrogens is 3. The van der Waals surface area contributed by atoms with Gasteiger partial charge in [-0.25, -0.2) is 18.1 Å². The summed E-state index contributed by atoms with van der Waals surface area (Å²) in [6, 6.07) is 28.5. The number of carbonyl (C=O) groups excluding carboxylic acids is 5. The summed E-state index contributed by atoms with van der Waals surface area (Å²) < 4.78 is 45.7. The van der Waals surface area contributed by atoms with Gasteiger partial charge < -0.3 is 49.6 Å². The van der Waals surface area contributed by atoms with Crippen LogP contribution in [0.5, 0.6) is 5.88 Å². The van der Waals surface area contributed by atoms with E-state index >= 15 is 0 Å². The van der Waals surface area contributed by atoms with Crippen LogP contribution in [-0.4, -0.2) is 195 Å². The molecule has 4 atom stereocenters. The van der Waals surface area contributed by atoms with E-state index in [1.165, 1.54) is 28.8 Å². The summed E-state index contributed by atoms with van der Waals surface area (Å²) in [5.41, 5.74) is 10.8. The number of ether oxygens (including phenoxy) is 2. The minimum absolute atomic E-state index is 0.0427. The molecule has 0 radical (unpaired) electrons. The van der Waals surface area contributed by atoms with Crippen molar-refractivity contribution in [2.45, 2.75) is 181 Å². The van der Waals surface area contributed by atoms with Crippen LogP contribution in [0.4, 0.5) is 28.4 Å². The van der Waals surface area contributed by atoms with Crippen molar-refractivity contribution in [2.75, 3.05) is 113 Å². The molecule has 0 unspecified atom stereocenters. The first-order valence-corrected chi connectivity index (χ1v) is 47.3. The molecule has 4 aromatic carbocycles. The van der Waals surface area contributed by atoms with E-state index in [9.17, 15) is 42.5 Å². The number of fused-ring (bicyclic) bond motifs is 2. The molecule has 7 aromatic rings. The van der Waals surface area contributed by atoms with Gasteiger partial charge in [0.05, 0.1) is 49.8 Å².